The summed E-state index contributed by atoms with van der Waals surface area (Å²) in [5.41, 5.74) is 0. The summed E-state index contributed by atoms with van der Waals surface area (Å²) in [7, 11) is 0. The lowest BCUT2D eigenvalue weighted by Crippen LogP contribution is -2.43. The van der Waals surface area contributed by atoms with Gasteiger partial charge in [0.25, 0.3) is 0 Å². The standard InChI is InChI=1S/C20H42N2O/c1-17(2)9-11-19(12-10-18(3)4)21-13-7-15-22-14-6-5-8-20(22)16-23/h17-21,23H,5-16H2,1-4H3. The van der Waals surface area contributed by atoms with Crippen molar-refractivity contribution in [3.8, 4) is 0 Å². The Bertz CT molecular complexity index is 269. The van der Waals surface area contributed by atoms with Crippen LogP contribution in [0.4, 0.5) is 0 Å². The molecule has 2 N–H and O–H groups in total. The number of hydrogen-bond acceptors (Lipinski definition) is 3. The molecule has 0 spiro atoms. The SMILES string of the molecule is CC(C)CCC(CCC(C)C)NCCCN1CCCCC1CO. The summed E-state index contributed by atoms with van der Waals surface area (Å²) in [6.07, 6.45) is 10.2. The van der Waals surface area contributed by atoms with E-state index in [2.05, 4.69) is 37.9 Å². The third kappa shape index (κ3) is 9.69. The van der Waals surface area contributed by atoms with Crippen molar-refractivity contribution in [2.75, 3.05) is 26.2 Å². The second kappa shape index (κ2) is 12.3. The average molecular weight is 327 g/mol. The van der Waals surface area contributed by atoms with E-state index in [4.69, 9.17) is 0 Å². The highest BCUT2D eigenvalue weighted by atomic mass is 16.3. The number of nitrogens with one attached hydrogen (secondary N) is 1. The van der Waals surface area contributed by atoms with Crippen LogP contribution in [-0.2, 0) is 0 Å². The highest BCUT2D eigenvalue weighted by Gasteiger charge is 2.20. The van der Waals surface area contributed by atoms with E-state index in [1.807, 2.05) is 0 Å². The molecule has 1 saturated heterocycles. The average Bonchev–Trinajstić information content (AvgIpc) is 2.53. The van der Waals surface area contributed by atoms with Crippen LogP contribution in [0.1, 0.15) is 79.1 Å². The quantitative estimate of drug-likeness (QED) is 0.531. The van der Waals surface area contributed by atoms with Crippen molar-refractivity contribution in [2.45, 2.75) is 91.1 Å². The molecule has 0 bridgehead atoms. The minimum absolute atomic E-state index is 0.332. The fourth-order valence-corrected chi connectivity index (χ4v) is 3.57. The van der Waals surface area contributed by atoms with Crippen molar-refractivity contribution in [1.29, 1.82) is 0 Å². The monoisotopic (exact) mass is 326 g/mol. The van der Waals surface area contributed by atoms with Crippen LogP contribution in [0.3, 0.4) is 0 Å². The Morgan fingerprint density at radius 1 is 1.00 bits per heavy atom. The van der Waals surface area contributed by atoms with Crippen molar-refractivity contribution in [3.63, 3.8) is 0 Å². The maximum atomic E-state index is 9.49. The van der Waals surface area contributed by atoms with Crippen LogP contribution in [0.2, 0.25) is 0 Å². The molecule has 1 heterocycles. The predicted octanol–water partition coefficient (Wildman–Crippen LogP) is 4.05. The third-order valence-corrected chi connectivity index (χ3v) is 5.20. The summed E-state index contributed by atoms with van der Waals surface area (Å²) in [5.74, 6) is 1.61. The Labute approximate surface area is 145 Å². The number of nitrogens with zero attached hydrogens (tertiary/aromatic N) is 1. The minimum Gasteiger partial charge on any atom is -0.395 e. The molecule has 0 aromatic heterocycles. The van der Waals surface area contributed by atoms with Gasteiger partial charge in [-0.2, -0.15) is 0 Å². The molecule has 3 nitrogen and oxygen atoms in total. The van der Waals surface area contributed by atoms with Crippen molar-refractivity contribution in [2.24, 2.45) is 11.8 Å². The van der Waals surface area contributed by atoms with E-state index >= 15 is 0 Å². The van der Waals surface area contributed by atoms with Crippen LogP contribution in [0, 0.1) is 11.8 Å². The summed E-state index contributed by atoms with van der Waals surface area (Å²) in [6, 6.07) is 1.11. The van der Waals surface area contributed by atoms with Gasteiger partial charge in [0.15, 0.2) is 0 Å². The lowest BCUT2D eigenvalue weighted by Gasteiger charge is -2.34. The van der Waals surface area contributed by atoms with Crippen molar-refractivity contribution in [3.05, 3.63) is 0 Å². The van der Waals surface area contributed by atoms with E-state index in [1.54, 1.807) is 0 Å². The molecule has 1 fully saturated rings. The highest BCUT2D eigenvalue weighted by molar-refractivity contribution is 4.77. The zero-order valence-corrected chi connectivity index (χ0v) is 16.2. The Morgan fingerprint density at radius 2 is 1.65 bits per heavy atom. The molecular formula is C20H42N2O. The number of likely N-dealkylation sites (tertiary alicyclic amines) is 1. The van der Waals surface area contributed by atoms with Gasteiger partial charge in [0.05, 0.1) is 6.61 Å². The first-order valence-corrected chi connectivity index (χ1v) is 10.1. The zero-order chi connectivity index (χ0) is 17.1. The molecule has 1 aliphatic heterocycles. The Morgan fingerprint density at radius 3 is 2.22 bits per heavy atom. The maximum absolute atomic E-state index is 9.49. The van der Waals surface area contributed by atoms with E-state index in [9.17, 15) is 5.11 Å². The number of hydrogen-bond donors (Lipinski definition) is 2. The van der Waals surface area contributed by atoms with Gasteiger partial charge in [0.2, 0.25) is 0 Å². The molecule has 1 atom stereocenters. The van der Waals surface area contributed by atoms with Gasteiger partial charge in [-0.15, -0.1) is 0 Å². The van der Waals surface area contributed by atoms with Crippen molar-refractivity contribution >= 4 is 0 Å². The molecule has 0 aromatic carbocycles. The van der Waals surface area contributed by atoms with Gasteiger partial charge in [0, 0.05) is 12.1 Å². The van der Waals surface area contributed by atoms with Gasteiger partial charge in [-0.05, 0) is 76.4 Å². The topological polar surface area (TPSA) is 35.5 Å². The first-order valence-electron chi connectivity index (χ1n) is 10.1. The smallest absolute Gasteiger partial charge is 0.0586 e. The lowest BCUT2D eigenvalue weighted by molar-refractivity contribution is 0.0890. The van der Waals surface area contributed by atoms with Gasteiger partial charge in [-0.3, -0.25) is 4.90 Å². The number of aliphatic hydroxyl groups excluding tert-OH is 1. The van der Waals surface area contributed by atoms with E-state index in [0.717, 1.165) is 24.9 Å². The van der Waals surface area contributed by atoms with E-state index in [0.29, 0.717) is 18.7 Å². The number of piperidine rings is 1. The molecule has 1 unspecified atom stereocenters. The Balaban J connectivity index is 2.24. The van der Waals surface area contributed by atoms with Crippen LogP contribution >= 0.6 is 0 Å². The molecule has 23 heavy (non-hydrogen) atoms. The van der Waals surface area contributed by atoms with E-state index in [-0.39, 0.29) is 0 Å². The maximum Gasteiger partial charge on any atom is 0.0586 e. The number of rotatable bonds is 12. The fourth-order valence-electron chi connectivity index (χ4n) is 3.57. The lowest BCUT2D eigenvalue weighted by atomic mass is 9.96. The molecule has 1 aliphatic rings. The second-order valence-corrected chi connectivity index (χ2v) is 8.32. The van der Waals surface area contributed by atoms with Crippen LogP contribution in [-0.4, -0.2) is 48.3 Å². The summed E-state index contributed by atoms with van der Waals surface area (Å²) in [4.78, 5) is 2.50. The minimum atomic E-state index is 0.332. The predicted molar refractivity (Wildman–Crippen MR) is 101 cm³/mol. The molecule has 1 rings (SSSR count). The fraction of sp³-hybridized carbons (Fsp3) is 1.00. The van der Waals surface area contributed by atoms with Crippen molar-refractivity contribution < 1.29 is 5.11 Å². The second-order valence-electron chi connectivity index (χ2n) is 8.32. The van der Waals surface area contributed by atoms with E-state index in [1.165, 1.54) is 57.9 Å². The highest BCUT2D eigenvalue weighted by Crippen LogP contribution is 2.17. The normalized spacial score (nSPS) is 20.1. The van der Waals surface area contributed by atoms with E-state index < -0.39 is 0 Å². The summed E-state index contributed by atoms with van der Waals surface area (Å²) < 4.78 is 0. The third-order valence-electron chi connectivity index (χ3n) is 5.20. The van der Waals surface area contributed by atoms with Gasteiger partial charge in [0.1, 0.15) is 0 Å². The molecule has 0 amide bonds. The van der Waals surface area contributed by atoms with Crippen LogP contribution in [0.15, 0.2) is 0 Å². The largest absolute Gasteiger partial charge is 0.395 e. The molecule has 0 saturated carbocycles. The summed E-state index contributed by atoms with van der Waals surface area (Å²) >= 11 is 0. The zero-order valence-electron chi connectivity index (χ0n) is 16.2. The summed E-state index contributed by atoms with van der Waals surface area (Å²) in [5, 5.41) is 13.3. The molecular weight excluding hydrogens is 284 g/mol. The van der Waals surface area contributed by atoms with Crippen LogP contribution < -0.4 is 5.32 Å². The molecule has 138 valence electrons. The van der Waals surface area contributed by atoms with Gasteiger partial charge in [-0.25, -0.2) is 0 Å². The summed E-state index contributed by atoms with van der Waals surface area (Å²) in [6.45, 7) is 13.1. The van der Waals surface area contributed by atoms with Crippen LogP contribution in [0.5, 0.6) is 0 Å². The molecule has 3 heteroatoms. The first kappa shape index (κ1) is 20.9. The molecule has 0 aromatic rings. The molecule has 0 aliphatic carbocycles. The Hall–Kier alpha value is -0.120. The van der Waals surface area contributed by atoms with Gasteiger partial charge >= 0.3 is 0 Å². The van der Waals surface area contributed by atoms with Gasteiger partial charge < -0.3 is 10.4 Å². The van der Waals surface area contributed by atoms with Crippen molar-refractivity contribution in [1.82, 2.24) is 10.2 Å². The van der Waals surface area contributed by atoms with Crippen LogP contribution in [0.25, 0.3) is 0 Å². The van der Waals surface area contributed by atoms with Gasteiger partial charge in [-0.1, -0.05) is 34.1 Å². The number of aliphatic hydroxyl groups is 1. The first-order chi connectivity index (χ1) is 11.0. The Kier molecular flexibility index (Phi) is 11.2. The molecule has 0 radical (unpaired) electrons.